The molecule has 0 radical (unpaired) electrons. The molecule has 0 saturated carbocycles. The molecule has 6 nitrogen and oxygen atoms in total. The molecule has 1 atom stereocenters. The number of hydrogen-bond donors (Lipinski definition) is 2. The van der Waals surface area contributed by atoms with Crippen molar-refractivity contribution in [3.8, 4) is 0 Å². The highest BCUT2D eigenvalue weighted by Crippen LogP contribution is 1.91. The number of ketones is 1. The van der Waals surface area contributed by atoms with Gasteiger partial charge in [0, 0.05) is 0 Å². The molecule has 0 saturated heterocycles. The number of rotatable bonds is 6. The third-order valence-corrected chi connectivity index (χ3v) is 1.50. The van der Waals surface area contributed by atoms with Gasteiger partial charge in [-0.2, -0.15) is 0 Å². The first-order valence-electron chi connectivity index (χ1n) is 4.57. The summed E-state index contributed by atoms with van der Waals surface area (Å²) in [5.41, 5.74) is 0. The standard InChI is InChI=1S/C9H15NO5/c1-3-15-9(14)7(5-11)10-8(13)4-6(2)12/h7,11H,3-5H2,1-2H3,(H,10,13)/t7-/m0/s1. The fraction of sp³-hybridized carbons (Fsp3) is 0.667. The molecule has 0 fully saturated rings. The number of aliphatic hydroxyl groups excluding tert-OH is 1. The number of amides is 1. The van der Waals surface area contributed by atoms with Gasteiger partial charge >= 0.3 is 5.97 Å². The van der Waals surface area contributed by atoms with Crippen LogP contribution in [0.1, 0.15) is 20.3 Å². The van der Waals surface area contributed by atoms with Crippen molar-refractivity contribution in [1.82, 2.24) is 5.32 Å². The first-order chi connectivity index (χ1) is 7.01. The maximum Gasteiger partial charge on any atom is 0.331 e. The monoisotopic (exact) mass is 217 g/mol. The first-order valence-corrected chi connectivity index (χ1v) is 4.57. The second kappa shape index (κ2) is 6.94. The number of ether oxygens (including phenoxy) is 1. The summed E-state index contributed by atoms with van der Waals surface area (Å²) >= 11 is 0. The Balaban J connectivity index is 4.14. The summed E-state index contributed by atoms with van der Waals surface area (Å²) in [4.78, 5) is 32.8. The minimum absolute atomic E-state index is 0.165. The molecule has 0 aromatic heterocycles. The number of carbonyl (C=O) groups is 3. The van der Waals surface area contributed by atoms with Crippen LogP contribution in [0.4, 0.5) is 0 Å². The molecule has 0 heterocycles. The lowest BCUT2D eigenvalue weighted by Crippen LogP contribution is -2.44. The van der Waals surface area contributed by atoms with Crippen molar-refractivity contribution in [2.24, 2.45) is 0 Å². The lowest BCUT2D eigenvalue weighted by atomic mass is 10.2. The van der Waals surface area contributed by atoms with E-state index in [-0.39, 0.29) is 18.8 Å². The van der Waals surface area contributed by atoms with E-state index in [0.29, 0.717) is 0 Å². The number of aliphatic hydroxyl groups is 1. The van der Waals surface area contributed by atoms with Crippen LogP contribution in [0.2, 0.25) is 0 Å². The van der Waals surface area contributed by atoms with E-state index in [1.165, 1.54) is 6.92 Å². The molecule has 15 heavy (non-hydrogen) atoms. The zero-order chi connectivity index (χ0) is 11.8. The fourth-order valence-corrected chi connectivity index (χ4v) is 0.893. The Bertz CT molecular complexity index is 251. The van der Waals surface area contributed by atoms with Crippen LogP contribution in [-0.4, -0.2) is 42.0 Å². The molecule has 0 bridgehead atoms. The van der Waals surface area contributed by atoms with Crippen LogP contribution in [-0.2, 0) is 19.1 Å². The molecule has 0 rings (SSSR count). The molecule has 0 aromatic carbocycles. The smallest absolute Gasteiger partial charge is 0.331 e. The molecule has 0 spiro atoms. The van der Waals surface area contributed by atoms with E-state index in [9.17, 15) is 14.4 Å². The van der Waals surface area contributed by atoms with Gasteiger partial charge in [0.1, 0.15) is 5.78 Å². The molecule has 1 amide bonds. The number of carbonyl (C=O) groups excluding carboxylic acids is 3. The van der Waals surface area contributed by atoms with E-state index in [2.05, 4.69) is 10.1 Å². The lowest BCUT2D eigenvalue weighted by molar-refractivity contribution is -0.148. The predicted molar refractivity (Wildman–Crippen MR) is 50.9 cm³/mol. The van der Waals surface area contributed by atoms with E-state index in [0.717, 1.165) is 0 Å². The summed E-state index contributed by atoms with van der Waals surface area (Å²) in [5.74, 6) is -1.63. The molecule has 0 aromatic rings. The largest absolute Gasteiger partial charge is 0.464 e. The SMILES string of the molecule is CCOC(=O)[C@H](CO)NC(=O)CC(C)=O. The number of hydrogen-bond acceptors (Lipinski definition) is 5. The summed E-state index contributed by atoms with van der Waals surface area (Å²) in [6, 6.07) is -1.10. The number of nitrogens with one attached hydrogen (secondary N) is 1. The van der Waals surface area contributed by atoms with E-state index >= 15 is 0 Å². The maximum atomic E-state index is 11.1. The highest BCUT2D eigenvalue weighted by atomic mass is 16.5. The Hall–Kier alpha value is -1.43. The molecule has 6 heteroatoms. The Morgan fingerprint density at radius 1 is 1.40 bits per heavy atom. The molecule has 86 valence electrons. The highest BCUT2D eigenvalue weighted by molar-refractivity contribution is 5.98. The topological polar surface area (TPSA) is 92.7 Å². The Morgan fingerprint density at radius 3 is 2.40 bits per heavy atom. The molecule has 2 N–H and O–H groups in total. The third kappa shape index (κ3) is 5.79. The van der Waals surface area contributed by atoms with Crippen LogP contribution >= 0.6 is 0 Å². The van der Waals surface area contributed by atoms with Crippen LogP contribution in [0.3, 0.4) is 0 Å². The molecule has 0 aliphatic heterocycles. The van der Waals surface area contributed by atoms with Gasteiger partial charge in [0.2, 0.25) is 5.91 Å². The van der Waals surface area contributed by atoms with Gasteiger partial charge in [0.05, 0.1) is 19.6 Å². The third-order valence-electron chi connectivity index (χ3n) is 1.50. The van der Waals surface area contributed by atoms with Crippen molar-refractivity contribution < 1.29 is 24.2 Å². The quantitative estimate of drug-likeness (QED) is 0.440. The average molecular weight is 217 g/mol. The van der Waals surface area contributed by atoms with Gasteiger partial charge in [-0.3, -0.25) is 9.59 Å². The summed E-state index contributed by atoms with van der Waals surface area (Å²) < 4.78 is 4.60. The van der Waals surface area contributed by atoms with Gasteiger partial charge in [-0.05, 0) is 13.8 Å². The predicted octanol–water partition coefficient (Wildman–Crippen LogP) is -0.994. The highest BCUT2D eigenvalue weighted by Gasteiger charge is 2.21. The van der Waals surface area contributed by atoms with E-state index in [1.54, 1.807) is 6.92 Å². The zero-order valence-electron chi connectivity index (χ0n) is 8.78. The van der Waals surface area contributed by atoms with Crippen molar-refractivity contribution in [3.63, 3.8) is 0 Å². The number of Topliss-reactive ketones (excluding diaryl/α,β-unsaturated/α-hetero) is 1. The molecule has 0 aliphatic carbocycles. The van der Waals surface area contributed by atoms with Crippen LogP contribution in [0.25, 0.3) is 0 Å². The van der Waals surface area contributed by atoms with E-state index in [1.807, 2.05) is 0 Å². The molecule has 0 unspecified atom stereocenters. The summed E-state index contributed by atoms with van der Waals surface area (Å²) in [6.45, 7) is 2.49. The van der Waals surface area contributed by atoms with Crippen molar-refractivity contribution in [2.45, 2.75) is 26.3 Å². The van der Waals surface area contributed by atoms with Crippen molar-refractivity contribution >= 4 is 17.7 Å². The second-order valence-corrected chi connectivity index (χ2v) is 2.93. The van der Waals surface area contributed by atoms with Crippen LogP contribution in [0, 0.1) is 0 Å². The van der Waals surface area contributed by atoms with Gasteiger partial charge in [-0.15, -0.1) is 0 Å². The van der Waals surface area contributed by atoms with Crippen LogP contribution in [0.5, 0.6) is 0 Å². The Kier molecular flexibility index (Phi) is 6.28. The number of esters is 1. The van der Waals surface area contributed by atoms with Gasteiger partial charge in [0.25, 0.3) is 0 Å². The normalized spacial score (nSPS) is 11.7. The van der Waals surface area contributed by atoms with E-state index in [4.69, 9.17) is 5.11 Å². The maximum absolute atomic E-state index is 11.1. The van der Waals surface area contributed by atoms with E-state index < -0.39 is 24.5 Å². The molecule has 0 aliphatic rings. The van der Waals surface area contributed by atoms with Gasteiger partial charge in [0.15, 0.2) is 6.04 Å². The fourth-order valence-electron chi connectivity index (χ4n) is 0.893. The van der Waals surface area contributed by atoms with Gasteiger partial charge in [-0.1, -0.05) is 0 Å². The summed E-state index contributed by atoms with van der Waals surface area (Å²) in [7, 11) is 0. The van der Waals surface area contributed by atoms with Crippen molar-refractivity contribution in [1.29, 1.82) is 0 Å². The Labute approximate surface area is 87.6 Å². The van der Waals surface area contributed by atoms with Crippen molar-refractivity contribution in [2.75, 3.05) is 13.2 Å². The van der Waals surface area contributed by atoms with Crippen LogP contribution < -0.4 is 5.32 Å². The summed E-state index contributed by atoms with van der Waals surface area (Å²) in [6.07, 6.45) is -0.310. The molecular formula is C9H15NO5. The molecular weight excluding hydrogens is 202 g/mol. The van der Waals surface area contributed by atoms with Crippen LogP contribution in [0.15, 0.2) is 0 Å². The Morgan fingerprint density at radius 2 is 2.00 bits per heavy atom. The average Bonchev–Trinajstić information content (AvgIpc) is 2.13. The van der Waals surface area contributed by atoms with Gasteiger partial charge in [-0.25, -0.2) is 4.79 Å². The first kappa shape index (κ1) is 13.6. The lowest BCUT2D eigenvalue weighted by Gasteiger charge is -2.13. The minimum Gasteiger partial charge on any atom is -0.464 e. The second-order valence-electron chi connectivity index (χ2n) is 2.93. The zero-order valence-corrected chi connectivity index (χ0v) is 8.78. The van der Waals surface area contributed by atoms with Gasteiger partial charge < -0.3 is 15.2 Å². The summed E-state index contributed by atoms with van der Waals surface area (Å²) in [5, 5.41) is 11.0. The van der Waals surface area contributed by atoms with Crippen molar-refractivity contribution in [3.05, 3.63) is 0 Å². The minimum atomic E-state index is -1.10.